The number of ether oxygens (including phenoxy) is 2. The van der Waals surface area contributed by atoms with Crippen LogP contribution in [0.1, 0.15) is 39.2 Å². The Kier molecular flexibility index (Phi) is 7.63. The van der Waals surface area contributed by atoms with Crippen LogP contribution < -0.4 is 10.1 Å². The van der Waals surface area contributed by atoms with Crippen molar-refractivity contribution >= 4 is 0 Å². The molecule has 0 aliphatic rings. The van der Waals surface area contributed by atoms with Crippen LogP contribution >= 0.6 is 0 Å². The molecule has 114 valence electrons. The van der Waals surface area contributed by atoms with E-state index in [2.05, 4.69) is 38.2 Å². The Bertz CT molecular complexity index is 377. The first kappa shape index (κ1) is 17.0. The second-order valence-corrected chi connectivity index (χ2v) is 5.72. The quantitative estimate of drug-likeness (QED) is 0.666. The van der Waals surface area contributed by atoms with Gasteiger partial charge in [0.2, 0.25) is 0 Å². The van der Waals surface area contributed by atoms with Gasteiger partial charge in [0.05, 0.1) is 6.61 Å². The van der Waals surface area contributed by atoms with Gasteiger partial charge >= 0.3 is 0 Å². The Hall–Kier alpha value is -1.06. The molecule has 0 saturated carbocycles. The van der Waals surface area contributed by atoms with Gasteiger partial charge in [-0.3, -0.25) is 0 Å². The molecule has 0 spiro atoms. The number of hydrogen-bond acceptors (Lipinski definition) is 3. The molecule has 1 rings (SSSR count). The van der Waals surface area contributed by atoms with Crippen molar-refractivity contribution in [3.63, 3.8) is 0 Å². The fourth-order valence-electron chi connectivity index (χ4n) is 2.22. The van der Waals surface area contributed by atoms with Crippen LogP contribution in [0.15, 0.2) is 24.3 Å². The van der Waals surface area contributed by atoms with Crippen LogP contribution in [0.2, 0.25) is 0 Å². The zero-order chi connectivity index (χ0) is 14.8. The zero-order valence-electron chi connectivity index (χ0n) is 13.4. The molecule has 0 saturated heterocycles. The minimum atomic E-state index is 0.102. The lowest BCUT2D eigenvalue weighted by molar-refractivity contribution is 0.145. The average molecular weight is 279 g/mol. The van der Waals surface area contributed by atoms with Crippen LogP contribution in [-0.4, -0.2) is 33.4 Å². The molecule has 0 aliphatic heterocycles. The van der Waals surface area contributed by atoms with Crippen molar-refractivity contribution in [2.75, 3.05) is 33.4 Å². The Morgan fingerprint density at radius 3 is 2.55 bits per heavy atom. The zero-order valence-corrected chi connectivity index (χ0v) is 13.4. The third kappa shape index (κ3) is 5.51. The molecule has 0 aliphatic carbocycles. The van der Waals surface area contributed by atoms with E-state index in [1.807, 2.05) is 12.1 Å². The second kappa shape index (κ2) is 8.98. The van der Waals surface area contributed by atoms with Gasteiger partial charge in [0.1, 0.15) is 12.4 Å². The largest absolute Gasteiger partial charge is 0.491 e. The smallest absolute Gasteiger partial charge is 0.123 e. The predicted octanol–water partition coefficient (Wildman–Crippen LogP) is 3.38. The maximum Gasteiger partial charge on any atom is 0.123 e. The second-order valence-electron chi connectivity index (χ2n) is 5.72. The molecule has 0 heterocycles. The van der Waals surface area contributed by atoms with E-state index >= 15 is 0 Å². The number of methoxy groups -OCH3 is 1. The third-order valence-electron chi connectivity index (χ3n) is 3.51. The lowest BCUT2D eigenvalue weighted by Crippen LogP contribution is -2.26. The summed E-state index contributed by atoms with van der Waals surface area (Å²) in [6.45, 7) is 10.1. The number of hydrogen-bond donors (Lipinski definition) is 1. The van der Waals surface area contributed by atoms with E-state index in [4.69, 9.17) is 9.47 Å². The van der Waals surface area contributed by atoms with Crippen molar-refractivity contribution in [3.05, 3.63) is 29.8 Å². The topological polar surface area (TPSA) is 30.5 Å². The monoisotopic (exact) mass is 279 g/mol. The molecule has 3 nitrogen and oxygen atoms in total. The number of nitrogens with one attached hydrogen (secondary N) is 1. The molecular weight excluding hydrogens is 250 g/mol. The van der Waals surface area contributed by atoms with Gasteiger partial charge in [0.15, 0.2) is 0 Å². The van der Waals surface area contributed by atoms with Gasteiger partial charge in [0, 0.05) is 7.11 Å². The Labute approximate surface area is 123 Å². The molecule has 0 bridgehead atoms. The Morgan fingerprint density at radius 2 is 1.85 bits per heavy atom. The molecule has 1 N–H and O–H groups in total. The summed E-state index contributed by atoms with van der Waals surface area (Å²) < 4.78 is 10.9. The van der Waals surface area contributed by atoms with Crippen molar-refractivity contribution in [2.24, 2.45) is 0 Å². The minimum Gasteiger partial charge on any atom is -0.491 e. The van der Waals surface area contributed by atoms with Gasteiger partial charge in [-0.05, 0) is 43.0 Å². The molecule has 0 radical (unpaired) electrons. The van der Waals surface area contributed by atoms with Crippen LogP contribution in [-0.2, 0) is 10.2 Å². The third-order valence-corrected chi connectivity index (χ3v) is 3.51. The number of benzene rings is 1. The van der Waals surface area contributed by atoms with E-state index in [1.165, 1.54) is 12.0 Å². The molecule has 0 atom stereocenters. The molecule has 1 aromatic carbocycles. The lowest BCUT2D eigenvalue weighted by atomic mass is 9.81. The Balaban J connectivity index is 2.66. The van der Waals surface area contributed by atoms with Crippen LogP contribution in [0, 0.1) is 0 Å². The first-order valence-electron chi connectivity index (χ1n) is 7.53. The van der Waals surface area contributed by atoms with Gasteiger partial charge < -0.3 is 14.8 Å². The Morgan fingerprint density at radius 1 is 1.10 bits per heavy atom. The first-order chi connectivity index (χ1) is 9.61. The predicted molar refractivity (Wildman–Crippen MR) is 84.6 cm³/mol. The first-order valence-corrected chi connectivity index (χ1v) is 7.53. The van der Waals surface area contributed by atoms with E-state index in [0.717, 1.165) is 25.3 Å². The fraction of sp³-hybridized carbons (Fsp3) is 0.647. The summed E-state index contributed by atoms with van der Waals surface area (Å²) in [5.41, 5.74) is 1.37. The molecular formula is C17H29NO2. The van der Waals surface area contributed by atoms with E-state index in [9.17, 15) is 0 Å². The highest BCUT2D eigenvalue weighted by Gasteiger charge is 2.23. The fourth-order valence-corrected chi connectivity index (χ4v) is 2.22. The van der Waals surface area contributed by atoms with Crippen molar-refractivity contribution in [3.8, 4) is 5.75 Å². The maximum atomic E-state index is 5.85. The van der Waals surface area contributed by atoms with Crippen molar-refractivity contribution < 1.29 is 9.47 Å². The summed E-state index contributed by atoms with van der Waals surface area (Å²) in [6.07, 6.45) is 2.27. The van der Waals surface area contributed by atoms with Crippen molar-refractivity contribution in [1.29, 1.82) is 0 Å². The van der Waals surface area contributed by atoms with Gasteiger partial charge in [-0.2, -0.15) is 0 Å². The van der Waals surface area contributed by atoms with Gasteiger partial charge in [-0.1, -0.05) is 39.0 Å². The maximum absolute atomic E-state index is 5.85. The van der Waals surface area contributed by atoms with E-state index < -0.39 is 0 Å². The number of para-hydroxylation sites is 1. The summed E-state index contributed by atoms with van der Waals surface area (Å²) in [4.78, 5) is 0. The molecule has 0 unspecified atom stereocenters. The highest BCUT2D eigenvalue weighted by Crippen LogP contribution is 2.33. The highest BCUT2D eigenvalue weighted by molar-refractivity contribution is 5.38. The molecule has 0 amide bonds. The average Bonchev–Trinajstić information content (AvgIpc) is 2.44. The summed E-state index contributed by atoms with van der Waals surface area (Å²) in [6, 6.07) is 8.32. The van der Waals surface area contributed by atoms with E-state index in [0.29, 0.717) is 13.2 Å². The molecule has 0 fully saturated rings. The lowest BCUT2D eigenvalue weighted by Gasteiger charge is -2.27. The highest BCUT2D eigenvalue weighted by atomic mass is 16.5. The van der Waals surface area contributed by atoms with Crippen molar-refractivity contribution in [1.82, 2.24) is 5.32 Å². The SMILES string of the molecule is CCCNCCC(C)(C)c1ccccc1OCCOC. The summed E-state index contributed by atoms with van der Waals surface area (Å²) in [7, 11) is 1.69. The van der Waals surface area contributed by atoms with Crippen LogP contribution in [0.3, 0.4) is 0 Å². The van der Waals surface area contributed by atoms with Crippen LogP contribution in [0.5, 0.6) is 5.75 Å². The summed E-state index contributed by atoms with van der Waals surface area (Å²) >= 11 is 0. The van der Waals surface area contributed by atoms with Crippen LogP contribution in [0.25, 0.3) is 0 Å². The van der Waals surface area contributed by atoms with Crippen molar-refractivity contribution in [2.45, 2.75) is 39.0 Å². The number of rotatable bonds is 10. The molecule has 0 aromatic heterocycles. The standard InChI is InChI=1S/C17H29NO2/c1-5-11-18-12-10-17(2,3)15-8-6-7-9-16(15)20-14-13-19-4/h6-9,18H,5,10-14H2,1-4H3. The summed E-state index contributed by atoms with van der Waals surface area (Å²) in [5, 5.41) is 3.47. The molecule has 3 heteroatoms. The van der Waals surface area contributed by atoms with E-state index in [-0.39, 0.29) is 5.41 Å². The van der Waals surface area contributed by atoms with Gasteiger partial charge in [0.25, 0.3) is 0 Å². The molecule has 20 heavy (non-hydrogen) atoms. The normalized spacial score (nSPS) is 11.6. The minimum absolute atomic E-state index is 0.102. The summed E-state index contributed by atoms with van der Waals surface area (Å²) in [5.74, 6) is 0.977. The molecule has 1 aromatic rings. The van der Waals surface area contributed by atoms with Crippen LogP contribution in [0.4, 0.5) is 0 Å². The van der Waals surface area contributed by atoms with Gasteiger partial charge in [-0.15, -0.1) is 0 Å². The van der Waals surface area contributed by atoms with E-state index in [1.54, 1.807) is 7.11 Å². The van der Waals surface area contributed by atoms with Gasteiger partial charge in [-0.25, -0.2) is 0 Å².